The maximum atomic E-state index is 12.1. The maximum Gasteiger partial charge on any atom is 0.274 e. The van der Waals surface area contributed by atoms with Gasteiger partial charge in [-0.2, -0.15) is 0 Å². The van der Waals surface area contributed by atoms with E-state index in [0.717, 1.165) is 10.2 Å². The second-order valence-electron chi connectivity index (χ2n) is 4.40. The maximum absolute atomic E-state index is 12.1. The molecule has 1 aromatic heterocycles. The minimum Gasteiger partial charge on any atom is -0.339 e. The number of hydrogen-bond acceptors (Lipinski definition) is 4. The van der Waals surface area contributed by atoms with E-state index in [-0.39, 0.29) is 5.91 Å². The number of benzene rings is 1. The fraction of sp³-hybridized carbons (Fsp3) is 0.267. The monoisotopic (exact) mass is 348 g/mol. The number of nitrogens with one attached hydrogen (secondary N) is 1. The highest BCUT2D eigenvalue weighted by molar-refractivity contribution is 9.10. The Hall–Kier alpha value is -1.95. The van der Waals surface area contributed by atoms with Crippen molar-refractivity contribution < 1.29 is 4.79 Å². The first-order valence-corrected chi connectivity index (χ1v) is 7.57. The van der Waals surface area contributed by atoms with Crippen molar-refractivity contribution in [2.24, 2.45) is 0 Å². The first kappa shape index (κ1) is 15.4. The predicted octanol–water partition coefficient (Wildman–Crippen LogP) is 3.46. The molecule has 21 heavy (non-hydrogen) atoms. The van der Waals surface area contributed by atoms with Crippen LogP contribution >= 0.6 is 15.9 Å². The fourth-order valence-electron chi connectivity index (χ4n) is 1.86. The van der Waals surface area contributed by atoms with Crippen LogP contribution < -0.4 is 5.32 Å². The van der Waals surface area contributed by atoms with Crippen LogP contribution in [0.4, 0.5) is 11.5 Å². The first-order valence-electron chi connectivity index (χ1n) is 6.78. The number of rotatable bonds is 5. The number of nitrogens with zero attached hydrogens (tertiary/aromatic N) is 3. The lowest BCUT2D eigenvalue weighted by Gasteiger charge is -2.17. The number of halogens is 1. The molecule has 0 atom stereocenters. The molecule has 0 aliphatic carbocycles. The Morgan fingerprint density at radius 2 is 1.81 bits per heavy atom. The summed E-state index contributed by atoms with van der Waals surface area (Å²) in [4.78, 5) is 22.2. The second-order valence-corrected chi connectivity index (χ2v) is 5.31. The largest absolute Gasteiger partial charge is 0.339 e. The number of hydrogen-bond donors (Lipinski definition) is 1. The van der Waals surface area contributed by atoms with Crippen molar-refractivity contribution in [3.63, 3.8) is 0 Å². The standard InChI is InChI=1S/C15H17BrN4O/c1-3-20(4-2)15(21)13-9-18-14(10-17-13)19-12-7-5-11(16)6-8-12/h5-10H,3-4H2,1-2H3,(H,18,19). The molecular formula is C15H17BrN4O. The molecule has 2 rings (SSSR count). The number of carbonyl (C=O) groups excluding carboxylic acids is 1. The fourth-order valence-corrected chi connectivity index (χ4v) is 2.12. The van der Waals surface area contributed by atoms with E-state index in [9.17, 15) is 4.79 Å². The van der Waals surface area contributed by atoms with Gasteiger partial charge < -0.3 is 10.2 Å². The molecule has 0 saturated carbocycles. The molecule has 0 fully saturated rings. The molecule has 110 valence electrons. The van der Waals surface area contributed by atoms with Gasteiger partial charge >= 0.3 is 0 Å². The summed E-state index contributed by atoms with van der Waals surface area (Å²) in [5, 5.41) is 3.14. The van der Waals surface area contributed by atoms with Crippen molar-refractivity contribution in [1.82, 2.24) is 14.9 Å². The Morgan fingerprint density at radius 1 is 1.14 bits per heavy atom. The van der Waals surface area contributed by atoms with Crippen molar-refractivity contribution in [1.29, 1.82) is 0 Å². The van der Waals surface area contributed by atoms with Gasteiger partial charge in [-0.3, -0.25) is 4.79 Å². The van der Waals surface area contributed by atoms with Gasteiger partial charge in [0.15, 0.2) is 0 Å². The highest BCUT2D eigenvalue weighted by atomic mass is 79.9. The molecule has 0 bridgehead atoms. The molecule has 0 spiro atoms. The lowest BCUT2D eigenvalue weighted by Crippen LogP contribution is -2.31. The third kappa shape index (κ3) is 4.01. The number of aromatic nitrogens is 2. The molecule has 1 N–H and O–H groups in total. The van der Waals surface area contributed by atoms with E-state index < -0.39 is 0 Å². The predicted molar refractivity (Wildman–Crippen MR) is 86.7 cm³/mol. The van der Waals surface area contributed by atoms with Gasteiger partial charge in [0.1, 0.15) is 11.5 Å². The van der Waals surface area contributed by atoms with Crippen molar-refractivity contribution >= 4 is 33.3 Å². The Balaban J connectivity index is 2.08. The van der Waals surface area contributed by atoms with E-state index in [2.05, 4.69) is 31.2 Å². The van der Waals surface area contributed by atoms with E-state index >= 15 is 0 Å². The number of carbonyl (C=O) groups is 1. The average Bonchev–Trinajstić information content (AvgIpc) is 2.51. The summed E-state index contributed by atoms with van der Waals surface area (Å²) in [5.41, 5.74) is 1.27. The summed E-state index contributed by atoms with van der Waals surface area (Å²) in [6.45, 7) is 5.21. The molecule has 1 heterocycles. The van der Waals surface area contributed by atoms with E-state index in [0.29, 0.717) is 24.6 Å². The van der Waals surface area contributed by atoms with E-state index in [1.165, 1.54) is 6.20 Å². The number of anilines is 2. The van der Waals surface area contributed by atoms with Gasteiger partial charge in [-0.05, 0) is 38.1 Å². The average molecular weight is 349 g/mol. The summed E-state index contributed by atoms with van der Waals surface area (Å²) in [6, 6.07) is 7.74. The molecule has 1 aromatic carbocycles. The van der Waals surface area contributed by atoms with Crippen molar-refractivity contribution in [3.05, 3.63) is 46.8 Å². The molecule has 6 heteroatoms. The Bertz CT molecular complexity index is 594. The summed E-state index contributed by atoms with van der Waals surface area (Å²) in [5.74, 6) is 0.510. The Kier molecular flexibility index (Phi) is 5.27. The zero-order valence-electron chi connectivity index (χ0n) is 12.0. The van der Waals surface area contributed by atoms with E-state index in [4.69, 9.17) is 0 Å². The lowest BCUT2D eigenvalue weighted by molar-refractivity contribution is 0.0766. The van der Waals surface area contributed by atoms with Crippen LogP contribution in [0.2, 0.25) is 0 Å². The zero-order valence-corrected chi connectivity index (χ0v) is 13.6. The number of amides is 1. The topological polar surface area (TPSA) is 58.1 Å². The van der Waals surface area contributed by atoms with Gasteiger partial charge in [0.05, 0.1) is 12.4 Å². The molecule has 0 unspecified atom stereocenters. The quantitative estimate of drug-likeness (QED) is 0.898. The van der Waals surface area contributed by atoms with Crippen molar-refractivity contribution in [2.45, 2.75) is 13.8 Å². The molecule has 0 aliphatic heterocycles. The van der Waals surface area contributed by atoms with Crippen LogP contribution in [-0.2, 0) is 0 Å². The Morgan fingerprint density at radius 3 is 2.33 bits per heavy atom. The minimum absolute atomic E-state index is 0.0947. The summed E-state index contributed by atoms with van der Waals surface area (Å²) >= 11 is 3.39. The smallest absolute Gasteiger partial charge is 0.274 e. The Labute approximate surface area is 132 Å². The van der Waals surface area contributed by atoms with Crippen LogP contribution in [0.1, 0.15) is 24.3 Å². The molecule has 5 nitrogen and oxygen atoms in total. The lowest BCUT2D eigenvalue weighted by atomic mass is 10.3. The molecule has 2 aromatic rings. The summed E-state index contributed by atoms with van der Waals surface area (Å²) in [7, 11) is 0. The van der Waals surface area contributed by atoms with Crippen LogP contribution in [-0.4, -0.2) is 33.9 Å². The summed E-state index contributed by atoms with van der Waals surface area (Å²) < 4.78 is 1.01. The van der Waals surface area contributed by atoms with Crippen LogP contribution in [0.3, 0.4) is 0 Å². The molecule has 1 amide bonds. The van der Waals surface area contributed by atoms with Gasteiger partial charge in [-0.15, -0.1) is 0 Å². The van der Waals surface area contributed by atoms with Gasteiger partial charge in [0.2, 0.25) is 0 Å². The summed E-state index contributed by atoms with van der Waals surface area (Å²) in [6.07, 6.45) is 3.07. The molecule has 0 saturated heterocycles. The highest BCUT2D eigenvalue weighted by Gasteiger charge is 2.14. The van der Waals surface area contributed by atoms with Crippen LogP contribution in [0.25, 0.3) is 0 Å². The third-order valence-corrected chi connectivity index (χ3v) is 3.57. The third-order valence-electron chi connectivity index (χ3n) is 3.04. The normalized spacial score (nSPS) is 10.2. The van der Waals surface area contributed by atoms with Crippen LogP contribution in [0, 0.1) is 0 Å². The first-order chi connectivity index (χ1) is 10.1. The molecule has 0 aliphatic rings. The minimum atomic E-state index is -0.0947. The molecular weight excluding hydrogens is 332 g/mol. The van der Waals surface area contributed by atoms with Gasteiger partial charge in [0.25, 0.3) is 5.91 Å². The van der Waals surface area contributed by atoms with Gasteiger partial charge in [0, 0.05) is 23.2 Å². The van der Waals surface area contributed by atoms with E-state index in [1.807, 2.05) is 38.1 Å². The SMILES string of the molecule is CCN(CC)C(=O)c1cnc(Nc2ccc(Br)cc2)cn1. The highest BCUT2D eigenvalue weighted by Crippen LogP contribution is 2.17. The second kappa shape index (κ2) is 7.17. The van der Waals surface area contributed by atoms with Crippen molar-refractivity contribution in [3.8, 4) is 0 Å². The van der Waals surface area contributed by atoms with E-state index in [1.54, 1.807) is 11.1 Å². The zero-order chi connectivity index (χ0) is 15.2. The van der Waals surface area contributed by atoms with Crippen LogP contribution in [0.15, 0.2) is 41.1 Å². The molecule has 0 radical (unpaired) electrons. The van der Waals surface area contributed by atoms with Gasteiger partial charge in [-0.25, -0.2) is 9.97 Å². The van der Waals surface area contributed by atoms with Crippen molar-refractivity contribution in [2.75, 3.05) is 18.4 Å². The van der Waals surface area contributed by atoms with Gasteiger partial charge in [-0.1, -0.05) is 15.9 Å². The van der Waals surface area contributed by atoms with Crippen LogP contribution in [0.5, 0.6) is 0 Å².